The fourth-order valence-electron chi connectivity index (χ4n) is 1.85. The second-order valence-corrected chi connectivity index (χ2v) is 5.05. The lowest BCUT2D eigenvalue weighted by Gasteiger charge is -2.24. The Labute approximate surface area is 108 Å². The third-order valence-electron chi connectivity index (χ3n) is 2.70. The molecule has 1 aliphatic heterocycles. The number of ether oxygens (including phenoxy) is 1. The molecule has 90 valence electrons. The molecule has 0 bridgehead atoms. The van der Waals surface area contributed by atoms with Crippen LogP contribution in [-0.4, -0.2) is 11.1 Å². The predicted molar refractivity (Wildman–Crippen MR) is 68.6 cm³/mol. The topological polar surface area (TPSA) is 46.5 Å². The number of phenolic OH excluding ortho intramolecular Hbond substituents is 1. The minimum atomic E-state index is -0.403. The first-order valence-corrected chi connectivity index (χ1v) is 6.37. The van der Waals surface area contributed by atoms with Crippen LogP contribution in [0.15, 0.2) is 53.4 Å². The van der Waals surface area contributed by atoms with Gasteiger partial charge in [0, 0.05) is 10.5 Å². The molecule has 3 rings (SSSR count). The van der Waals surface area contributed by atoms with Gasteiger partial charge in [-0.3, -0.25) is 0 Å². The van der Waals surface area contributed by atoms with Gasteiger partial charge < -0.3 is 9.84 Å². The van der Waals surface area contributed by atoms with E-state index in [9.17, 15) is 9.90 Å². The molecule has 2 aromatic rings. The molecular formula is C14H10O3S. The Balaban J connectivity index is 1.97. The molecule has 1 aliphatic rings. The Morgan fingerprint density at radius 1 is 1.11 bits per heavy atom. The Kier molecular flexibility index (Phi) is 2.72. The van der Waals surface area contributed by atoms with Gasteiger partial charge in [0.25, 0.3) is 0 Å². The molecule has 1 atom stereocenters. The van der Waals surface area contributed by atoms with Crippen LogP contribution in [0, 0.1) is 0 Å². The van der Waals surface area contributed by atoms with Gasteiger partial charge in [-0.1, -0.05) is 36.0 Å². The quantitative estimate of drug-likeness (QED) is 0.797. The normalized spacial score (nSPS) is 18.0. The van der Waals surface area contributed by atoms with Gasteiger partial charge in [-0.05, 0) is 24.3 Å². The number of rotatable bonds is 1. The van der Waals surface area contributed by atoms with Gasteiger partial charge in [-0.25, -0.2) is 4.79 Å². The summed E-state index contributed by atoms with van der Waals surface area (Å²) in [6, 6.07) is 14.1. The van der Waals surface area contributed by atoms with Crippen molar-refractivity contribution in [3.8, 4) is 5.75 Å². The summed E-state index contributed by atoms with van der Waals surface area (Å²) < 4.78 is 5.37. The SMILES string of the molecule is O=C1OC(c2cccc(O)c2)Sc2ccccc21. The first-order chi connectivity index (χ1) is 8.74. The fourth-order valence-corrected chi connectivity index (χ4v) is 2.93. The Morgan fingerprint density at radius 3 is 2.78 bits per heavy atom. The number of fused-ring (bicyclic) bond motifs is 1. The number of phenols is 1. The number of benzene rings is 2. The van der Waals surface area contributed by atoms with Crippen LogP contribution in [0.25, 0.3) is 0 Å². The maximum atomic E-state index is 11.9. The predicted octanol–water partition coefficient (Wildman–Crippen LogP) is 3.35. The molecule has 0 amide bonds. The van der Waals surface area contributed by atoms with Crippen LogP contribution >= 0.6 is 11.8 Å². The first-order valence-electron chi connectivity index (χ1n) is 5.49. The molecule has 0 fully saturated rings. The zero-order valence-corrected chi connectivity index (χ0v) is 10.2. The summed E-state index contributed by atoms with van der Waals surface area (Å²) >= 11 is 1.47. The van der Waals surface area contributed by atoms with Crippen LogP contribution in [-0.2, 0) is 4.74 Å². The highest BCUT2D eigenvalue weighted by atomic mass is 32.2. The van der Waals surface area contributed by atoms with Gasteiger partial charge in [0.15, 0.2) is 5.44 Å². The van der Waals surface area contributed by atoms with Crippen molar-refractivity contribution in [3.05, 3.63) is 59.7 Å². The molecule has 1 heterocycles. The van der Waals surface area contributed by atoms with Crippen LogP contribution in [0.5, 0.6) is 5.75 Å². The van der Waals surface area contributed by atoms with Crippen molar-refractivity contribution in [3.63, 3.8) is 0 Å². The van der Waals surface area contributed by atoms with E-state index in [0.717, 1.165) is 10.5 Å². The van der Waals surface area contributed by atoms with E-state index in [1.54, 1.807) is 24.3 Å². The third-order valence-corrected chi connectivity index (χ3v) is 3.89. The standard InChI is InChI=1S/C14H10O3S/c15-10-5-3-4-9(8-10)14-17-13(16)11-6-1-2-7-12(11)18-14/h1-8,14-15H. The summed E-state index contributed by atoms with van der Waals surface area (Å²) in [7, 11) is 0. The maximum absolute atomic E-state index is 11.9. The van der Waals surface area contributed by atoms with Gasteiger partial charge in [0.05, 0.1) is 5.56 Å². The lowest BCUT2D eigenvalue weighted by molar-refractivity contribution is 0.0439. The summed E-state index contributed by atoms with van der Waals surface area (Å²) in [4.78, 5) is 12.8. The summed E-state index contributed by atoms with van der Waals surface area (Å²) in [5.74, 6) is -0.152. The molecule has 0 saturated heterocycles. The number of hydrogen-bond donors (Lipinski definition) is 1. The summed E-state index contributed by atoms with van der Waals surface area (Å²) in [5, 5.41) is 9.46. The molecule has 1 unspecified atom stereocenters. The van der Waals surface area contributed by atoms with Crippen LogP contribution in [0.3, 0.4) is 0 Å². The van der Waals surface area contributed by atoms with Crippen molar-refractivity contribution in [1.29, 1.82) is 0 Å². The second kappa shape index (κ2) is 4.38. The zero-order valence-electron chi connectivity index (χ0n) is 9.37. The summed E-state index contributed by atoms with van der Waals surface area (Å²) in [5.41, 5.74) is 0.973. The van der Waals surface area contributed by atoms with E-state index < -0.39 is 5.44 Å². The largest absolute Gasteiger partial charge is 0.508 e. The van der Waals surface area contributed by atoms with Gasteiger partial charge in [-0.2, -0.15) is 0 Å². The molecule has 0 spiro atoms. The van der Waals surface area contributed by atoms with Crippen LogP contribution in [0.1, 0.15) is 21.4 Å². The van der Waals surface area contributed by atoms with Crippen molar-refractivity contribution in [2.75, 3.05) is 0 Å². The second-order valence-electron chi connectivity index (χ2n) is 3.95. The van der Waals surface area contributed by atoms with Gasteiger partial charge >= 0.3 is 5.97 Å². The van der Waals surface area contributed by atoms with Crippen molar-refractivity contribution in [2.45, 2.75) is 10.3 Å². The Morgan fingerprint density at radius 2 is 1.94 bits per heavy atom. The number of thioether (sulfide) groups is 1. The van der Waals surface area contributed by atoms with Crippen molar-refractivity contribution < 1.29 is 14.6 Å². The number of aromatic hydroxyl groups is 1. The Bertz CT molecular complexity index is 609. The zero-order chi connectivity index (χ0) is 12.5. The average molecular weight is 258 g/mol. The fraction of sp³-hybridized carbons (Fsp3) is 0.0714. The molecular weight excluding hydrogens is 248 g/mol. The highest BCUT2D eigenvalue weighted by molar-refractivity contribution is 7.99. The highest BCUT2D eigenvalue weighted by Gasteiger charge is 2.27. The molecule has 0 aromatic heterocycles. The molecule has 4 heteroatoms. The smallest absolute Gasteiger partial charge is 0.340 e. The number of cyclic esters (lactones) is 1. The highest BCUT2D eigenvalue weighted by Crippen LogP contribution is 2.43. The van der Waals surface area contributed by atoms with Crippen molar-refractivity contribution in [2.24, 2.45) is 0 Å². The van der Waals surface area contributed by atoms with Crippen LogP contribution in [0.2, 0.25) is 0 Å². The number of carbonyl (C=O) groups is 1. The van der Waals surface area contributed by atoms with Crippen LogP contribution < -0.4 is 0 Å². The van der Waals surface area contributed by atoms with Crippen molar-refractivity contribution >= 4 is 17.7 Å². The summed E-state index contributed by atoms with van der Waals surface area (Å²) in [6.07, 6.45) is 0. The lowest BCUT2D eigenvalue weighted by atomic mass is 10.2. The molecule has 0 radical (unpaired) electrons. The average Bonchev–Trinajstić information content (AvgIpc) is 2.39. The minimum Gasteiger partial charge on any atom is -0.508 e. The monoisotopic (exact) mass is 258 g/mol. The third kappa shape index (κ3) is 1.95. The van der Waals surface area contributed by atoms with Crippen LogP contribution in [0.4, 0.5) is 0 Å². The van der Waals surface area contributed by atoms with E-state index in [1.807, 2.05) is 24.3 Å². The van der Waals surface area contributed by atoms with E-state index >= 15 is 0 Å². The molecule has 0 aliphatic carbocycles. The van der Waals surface area contributed by atoms with E-state index in [1.165, 1.54) is 11.8 Å². The van der Waals surface area contributed by atoms with Gasteiger partial charge in [-0.15, -0.1) is 0 Å². The number of esters is 1. The molecule has 2 aromatic carbocycles. The van der Waals surface area contributed by atoms with Gasteiger partial charge in [0.2, 0.25) is 0 Å². The lowest BCUT2D eigenvalue weighted by Crippen LogP contribution is -2.15. The summed E-state index contributed by atoms with van der Waals surface area (Å²) in [6.45, 7) is 0. The molecule has 1 N–H and O–H groups in total. The van der Waals surface area contributed by atoms with E-state index in [2.05, 4.69) is 0 Å². The van der Waals surface area contributed by atoms with Gasteiger partial charge in [0.1, 0.15) is 5.75 Å². The minimum absolute atomic E-state index is 0.169. The molecule has 0 saturated carbocycles. The molecule has 3 nitrogen and oxygen atoms in total. The first kappa shape index (κ1) is 11.2. The van der Waals surface area contributed by atoms with E-state index in [0.29, 0.717) is 5.56 Å². The maximum Gasteiger partial charge on any atom is 0.340 e. The molecule has 18 heavy (non-hydrogen) atoms. The number of carbonyl (C=O) groups excluding carboxylic acids is 1. The van der Waals surface area contributed by atoms with E-state index in [4.69, 9.17) is 4.74 Å². The van der Waals surface area contributed by atoms with E-state index in [-0.39, 0.29) is 11.7 Å². The number of hydrogen-bond acceptors (Lipinski definition) is 4. The van der Waals surface area contributed by atoms with Crippen molar-refractivity contribution in [1.82, 2.24) is 0 Å². The Hall–Kier alpha value is -1.94.